The predicted molar refractivity (Wildman–Crippen MR) is 143 cm³/mol. The van der Waals surface area contributed by atoms with E-state index in [1.54, 1.807) is 38.0 Å². The van der Waals surface area contributed by atoms with Gasteiger partial charge in [0, 0.05) is 31.1 Å². The summed E-state index contributed by atoms with van der Waals surface area (Å²) in [6, 6.07) is 18.5. The molecule has 4 rings (SSSR count). The largest absolute Gasteiger partial charge is 0.497 e. The van der Waals surface area contributed by atoms with Crippen LogP contribution in [0.15, 0.2) is 72.2 Å². The number of rotatable bonds is 11. The minimum absolute atomic E-state index is 0.145. The number of aromatic nitrogens is 2. The molecular weight excluding hydrogens is 492 g/mol. The number of nitrogens with zero attached hydrogens (tertiary/aromatic N) is 3. The quantitative estimate of drug-likeness (QED) is 0.316. The molecule has 0 aliphatic heterocycles. The van der Waals surface area contributed by atoms with Crippen LogP contribution in [0.25, 0.3) is 16.9 Å². The molecule has 0 aliphatic rings. The van der Waals surface area contributed by atoms with Gasteiger partial charge in [0.15, 0.2) is 0 Å². The number of carbonyl (C=O) groups excluding carboxylic acids is 2. The molecule has 0 radical (unpaired) electrons. The predicted octanol–water partition coefficient (Wildman–Crippen LogP) is 4.35. The SMILES string of the molecule is COCCN(CC(=O)Nc1nc(-c2ccc(OC)cc2)cn1-c1ccc(OC)cc1)C(=O)c1cccs1. The first-order valence-electron chi connectivity index (χ1n) is 11.5. The highest BCUT2D eigenvalue weighted by molar-refractivity contribution is 7.12. The van der Waals surface area contributed by atoms with Crippen molar-refractivity contribution in [2.24, 2.45) is 0 Å². The van der Waals surface area contributed by atoms with Crippen LogP contribution >= 0.6 is 11.3 Å². The van der Waals surface area contributed by atoms with Crippen LogP contribution in [0.1, 0.15) is 9.67 Å². The normalized spacial score (nSPS) is 10.7. The number of carbonyl (C=O) groups is 2. The van der Waals surface area contributed by atoms with Gasteiger partial charge in [-0.1, -0.05) is 6.07 Å². The van der Waals surface area contributed by atoms with E-state index < -0.39 is 0 Å². The molecule has 4 aromatic rings. The molecule has 1 N–H and O–H groups in total. The lowest BCUT2D eigenvalue weighted by molar-refractivity contribution is -0.117. The van der Waals surface area contributed by atoms with Gasteiger partial charge in [0.05, 0.1) is 31.4 Å². The molecule has 2 aromatic heterocycles. The van der Waals surface area contributed by atoms with E-state index in [4.69, 9.17) is 19.2 Å². The molecule has 2 amide bonds. The Hall–Kier alpha value is -4.15. The summed E-state index contributed by atoms with van der Waals surface area (Å²) in [4.78, 5) is 32.8. The third-order valence-electron chi connectivity index (χ3n) is 5.61. The van der Waals surface area contributed by atoms with Gasteiger partial charge < -0.3 is 19.1 Å². The summed E-state index contributed by atoms with van der Waals surface area (Å²) < 4.78 is 17.5. The van der Waals surface area contributed by atoms with Crippen LogP contribution in [0.2, 0.25) is 0 Å². The monoisotopic (exact) mass is 520 g/mol. The van der Waals surface area contributed by atoms with Crippen molar-refractivity contribution in [1.29, 1.82) is 0 Å². The van der Waals surface area contributed by atoms with Gasteiger partial charge in [0.25, 0.3) is 5.91 Å². The second-order valence-corrected chi connectivity index (χ2v) is 8.94. The summed E-state index contributed by atoms with van der Waals surface area (Å²) in [7, 11) is 4.77. The van der Waals surface area contributed by atoms with Crippen molar-refractivity contribution in [2.75, 3.05) is 46.3 Å². The van der Waals surface area contributed by atoms with Gasteiger partial charge in [-0.3, -0.25) is 19.5 Å². The number of hydrogen-bond donors (Lipinski definition) is 1. The highest BCUT2D eigenvalue weighted by atomic mass is 32.1. The molecule has 0 spiro atoms. The lowest BCUT2D eigenvalue weighted by Crippen LogP contribution is -2.40. The van der Waals surface area contributed by atoms with Crippen molar-refractivity contribution in [2.45, 2.75) is 0 Å². The van der Waals surface area contributed by atoms with Crippen molar-refractivity contribution in [3.05, 3.63) is 77.1 Å². The summed E-state index contributed by atoms with van der Waals surface area (Å²) in [5.41, 5.74) is 2.31. The number of methoxy groups -OCH3 is 3. The minimum atomic E-state index is -0.373. The summed E-state index contributed by atoms with van der Waals surface area (Å²) >= 11 is 1.33. The minimum Gasteiger partial charge on any atom is -0.497 e. The topological polar surface area (TPSA) is 94.9 Å². The fourth-order valence-electron chi connectivity index (χ4n) is 3.66. The number of benzene rings is 2. The summed E-state index contributed by atoms with van der Waals surface area (Å²) in [5, 5.41) is 4.71. The van der Waals surface area contributed by atoms with Crippen LogP contribution < -0.4 is 14.8 Å². The Morgan fingerprint density at radius 2 is 1.65 bits per heavy atom. The van der Waals surface area contributed by atoms with Gasteiger partial charge in [0.1, 0.15) is 18.0 Å². The second kappa shape index (κ2) is 12.2. The number of amides is 2. The standard InChI is InChI=1S/C27H28N4O5S/c1-34-15-14-30(26(33)24-5-4-16-37-24)18-25(32)29-27-28-23(19-6-10-21(35-2)11-7-19)17-31(27)20-8-12-22(36-3)13-9-20/h4-13,16-17H,14-15,18H2,1-3H3,(H,28,29,32). The molecule has 0 saturated heterocycles. The van der Waals surface area contributed by atoms with Gasteiger partial charge in [-0.15, -0.1) is 11.3 Å². The Kier molecular flexibility index (Phi) is 8.55. The molecule has 2 aromatic carbocycles. The number of ether oxygens (including phenoxy) is 3. The molecular formula is C27H28N4O5S. The average Bonchev–Trinajstić information content (AvgIpc) is 3.61. The van der Waals surface area contributed by atoms with Gasteiger partial charge >= 0.3 is 0 Å². The highest BCUT2D eigenvalue weighted by Gasteiger charge is 2.21. The van der Waals surface area contributed by atoms with Crippen molar-refractivity contribution >= 4 is 29.1 Å². The molecule has 0 unspecified atom stereocenters. The molecule has 37 heavy (non-hydrogen) atoms. The van der Waals surface area contributed by atoms with Crippen molar-refractivity contribution in [3.63, 3.8) is 0 Å². The second-order valence-electron chi connectivity index (χ2n) is 7.99. The third kappa shape index (κ3) is 6.35. The summed E-state index contributed by atoms with van der Waals surface area (Å²) in [6.45, 7) is 0.449. The fraction of sp³-hybridized carbons (Fsp3) is 0.222. The maximum atomic E-state index is 13.1. The molecule has 0 aliphatic carbocycles. The molecule has 9 nitrogen and oxygen atoms in total. The molecule has 0 atom stereocenters. The first-order valence-corrected chi connectivity index (χ1v) is 12.4. The number of imidazole rings is 1. The summed E-state index contributed by atoms with van der Waals surface area (Å²) in [5.74, 6) is 1.18. The number of thiophene rings is 1. The lowest BCUT2D eigenvalue weighted by atomic mass is 10.1. The first-order chi connectivity index (χ1) is 18.0. The van der Waals surface area contributed by atoms with Crippen molar-refractivity contribution in [1.82, 2.24) is 14.5 Å². The zero-order valence-electron chi connectivity index (χ0n) is 20.8. The Labute approximate surface area is 219 Å². The zero-order chi connectivity index (χ0) is 26.2. The van der Waals surface area contributed by atoms with Gasteiger partial charge in [-0.05, 0) is 60.0 Å². The van der Waals surface area contributed by atoms with Gasteiger partial charge in [0.2, 0.25) is 11.9 Å². The number of anilines is 1. The maximum Gasteiger partial charge on any atom is 0.264 e. The van der Waals surface area contributed by atoms with Gasteiger partial charge in [-0.2, -0.15) is 0 Å². The van der Waals surface area contributed by atoms with Crippen LogP contribution in [0.3, 0.4) is 0 Å². The Balaban J connectivity index is 1.61. The molecule has 0 bridgehead atoms. The molecule has 0 saturated carbocycles. The molecule has 2 heterocycles. The molecule has 0 fully saturated rings. The van der Waals surface area contributed by atoms with Crippen LogP contribution in [0, 0.1) is 0 Å². The smallest absolute Gasteiger partial charge is 0.264 e. The first kappa shape index (κ1) is 25.9. The van der Waals surface area contributed by atoms with Crippen LogP contribution in [0.5, 0.6) is 11.5 Å². The van der Waals surface area contributed by atoms with Crippen molar-refractivity contribution < 1.29 is 23.8 Å². The van der Waals surface area contributed by atoms with Crippen LogP contribution in [-0.4, -0.2) is 67.3 Å². The van der Waals surface area contributed by atoms with Crippen molar-refractivity contribution in [3.8, 4) is 28.4 Å². The average molecular weight is 521 g/mol. The van der Waals surface area contributed by atoms with E-state index in [0.29, 0.717) is 28.9 Å². The van der Waals surface area contributed by atoms with E-state index in [0.717, 1.165) is 17.0 Å². The van der Waals surface area contributed by atoms with E-state index in [1.807, 2.05) is 60.1 Å². The number of nitrogens with one attached hydrogen (secondary N) is 1. The van der Waals surface area contributed by atoms with Crippen LogP contribution in [-0.2, 0) is 9.53 Å². The van der Waals surface area contributed by atoms with Gasteiger partial charge in [-0.25, -0.2) is 4.98 Å². The Morgan fingerprint density at radius 3 is 2.24 bits per heavy atom. The van der Waals surface area contributed by atoms with E-state index in [9.17, 15) is 9.59 Å². The lowest BCUT2D eigenvalue weighted by Gasteiger charge is -2.21. The van der Waals surface area contributed by atoms with E-state index >= 15 is 0 Å². The zero-order valence-corrected chi connectivity index (χ0v) is 21.7. The number of hydrogen-bond acceptors (Lipinski definition) is 7. The maximum absolute atomic E-state index is 13.1. The highest BCUT2D eigenvalue weighted by Crippen LogP contribution is 2.27. The van der Waals surface area contributed by atoms with E-state index in [1.165, 1.54) is 16.2 Å². The Bertz CT molecular complexity index is 1320. The fourth-order valence-corrected chi connectivity index (χ4v) is 4.35. The molecule has 192 valence electrons. The third-order valence-corrected chi connectivity index (χ3v) is 6.47. The molecule has 10 heteroatoms. The van der Waals surface area contributed by atoms with E-state index in [2.05, 4.69) is 5.32 Å². The van der Waals surface area contributed by atoms with E-state index in [-0.39, 0.29) is 24.9 Å². The van der Waals surface area contributed by atoms with Crippen LogP contribution in [0.4, 0.5) is 5.95 Å². The Morgan fingerprint density at radius 1 is 0.973 bits per heavy atom. The summed E-state index contributed by atoms with van der Waals surface area (Å²) in [6.07, 6.45) is 1.85.